The zero-order chi connectivity index (χ0) is 47.4. The molecule has 0 bridgehead atoms. The van der Waals surface area contributed by atoms with Gasteiger partial charge in [-0.15, -0.1) is 0 Å². The van der Waals surface area contributed by atoms with Gasteiger partial charge < -0.3 is 0 Å². The van der Waals surface area contributed by atoms with E-state index in [0.29, 0.717) is 0 Å². The minimum atomic E-state index is -0.151. The third-order valence-electron chi connectivity index (χ3n) is 15.4. The van der Waals surface area contributed by atoms with Gasteiger partial charge >= 0.3 is 0 Å². The number of hydrogen-bond acceptors (Lipinski definition) is 0. The first-order valence-corrected chi connectivity index (χ1v) is 24.3. The van der Waals surface area contributed by atoms with Crippen LogP contribution in [-0.4, -0.2) is 0 Å². The number of benzene rings is 6. The molecule has 0 saturated heterocycles. The Kier molecular flexibility index (Phi) is 10.1. The molecule has 64 heavy (non-hydrogen) atoms. The molecule has 0 unspecified atom stereocenters. The van der Waals surface area contributed by atoms with E-state index >= 15 is 0 Å². The van der Waals surface area contributed by atoms with Crippen LogP contribution in [0, 0.1) is 0 Å². The summed E-state index contributed by atoms with van der Waals surface area (Å²) in [7, 11) is 0. The van der Waals surface area contributed by atoms with Crippen molar-refractivity contribution in [3.63, 3.8) is 0 Å². The third-order valence-corrected chi connectivity index (χ3v) is 15.4. The fourth-order valence-electron chi connectivity index (χ4n) is 10.7. The monoisotopic (exact) mass is 849 g/mol. The first-order valence-electron chi connectivity index (χ1n) is 24.3. The van der Waals surface area contributed by atoms with Gasteiger partial charge in [-0.2, -0.15) is 0 Å². The van der Waals surface area contributed by atoms with E-state index in [1.165, 1.54) is 111 Å². The lowest BCUT2D eigenvalue weighted by Crippen LogP contribution is -2.19. The van der Waals surface area contributed by atoms with E-state index in [4.69, 9.17) is 0 Å². The van der Waals surface area contributed by atoms with Gasteiger partial charge in [-0.1, -0.05) is 201 Å². The Bertz CT molecular complexity index is 2690. The van der Waals surface area contributed by atoms with Crippen molar-refractivity contribution in [3.8, 4) is 44.5 Å². The highest BCUT2D eigenvalue weighted by Crippen LogP contribution is 2.58. The molecule has 0 heterocycles. The molecule has 2 aliphatic rings. The third kappa shape index (κ3) is 7.42. The molecular weight excluding hydrogens is 769 g/mol. The quantitative estimate of drug-likeness (QED) is 0.163. The van der Waals surface area contributed by atoms with Crippen LogP contribution in [0.4, 0.5) is 0 Å². The molecule has 6 aromatic carbocycles. The number of rotatable bonds is 2. The maximum Gasteiger partial charge on any atom is 0.0159 e. The van der Waals surface area contributed by atoms with Gasteiger partial charge in [-0.25, -0.2) is 0 Å². The molecule has 0 heteroatoms. The predicted molar refractivity (Wildman–Crippen MR) is 282 cm³/mol. The highest BCUT2D eigenvalue weighted by atomic mass is 14.4. The maximum absolute atomic E-state index is 2.58. The molecule has 0 fully saturated rings. The summed E-state index contributed by atoms with van der Waals surface area (Å²) in [6.45, 7) is 52.6. The lowest BCUT2D eigenvalue weighted by molar-refractivity contribution is 0.579. The fraction of sp³-hybridized carbons (Fsp3) is 0.469. The lowest BCUT2D eigenvalue weighted by Gasteiger charge is -2.30. The second kappa shape index (κ2) is 14.0. The molecule has 0 aliphatic heterocycles. The van der Waals surface area contributed by atoms with Crippen molar-refractivity contribution in [3.05, 3.63) is 141 Å². The average molecular weight is 849 g/mol. The van der Waals surface area contributed by atoms with E-state index in [1.807, 2.05) is 0 Å². The molecule has 6 aromatic rings. The topological polar surface area (TPSA) is 0 Å². The summed E-state index contributed by atoms with van der Waals surface area (Å²) in [6.07, 6.45) is 0. The van der Waals surface area contributed by atoms with E-state index in [-0.39, 0.29) is 43.3 Å². The lowest BCUT2D eigenvalue weighted by atomic mass is 9.74. The summed E-state index contributed by atoms with van der Waals surface area (Å²) < 4.78 is 0. The Morgan fingerprint density at radius 1 is 0.250 bits per heavy atom. The largest absolute Gasteiger partial charge is 0.0579 e. The molecule has 0 N–H and O–H groups in total. The normalized spacial score (nSPS) is 15.9. The molecule has 336 valence electrons. The SMILES string of the molecule is CC(C)(C)c1ccc2c(c1)C(C)(C)c1cc(C(C)(C)C)cc(-c3cc(C(C)(C)C)cc4c(-c5cc(C(C)(C)C)cc6c5-c5ccc(C(C)(C)C)cc5C6(C)C)cc(C(C)(C)C)cc34)c1-2. The van der Waals surface area contributed by atoms with Crippen molar-refractivity contribution >= 4 is 10.8 Å². The van der Waals surface area contributed by atoms with E-state index in [0.717, 1.165) is 0 Å². The van der Waals surface area contributed by atoms with Crippen LogP contribution >= 0.6 is 0 Å². The Labute approximate surface area is 389 Å². The molecule has 0 aromatic heterocycles. The summed E-state index contributed by atoms with van der Waals surface area (Å²) in [5, 5.41) is 2.69. The van der Waals surface area contributed by atoms with Crippen LogP contribution in [0.1, 0.15) is 208 Å². The first-order chi connectivity index (χ1) is 29.0. The predicted octanol–water partition coefficient (Wildman–Crippen LogP) is 18.6. The fourth-order valence-corrected chi connectivity index (χ4v) is 10.7. The summed E-state index contributed by atoms with van der Waals surface area (Å²) in [5.41, 5.74) is 24.7. The van der Waals surface area contributed by atoms with Crippen LogP contribution in [0.5, 0.6) is 0 Å². The van der Waals surface area contributed by atoms with Crippen LogP contribution < -0.4 is 0 Å². The van der Waals surface area contributed by atoms with Crippen LogP contribution in [0.2, 0.25) is 0 Å². The van der Waals surface area contributed by atoms with Crippen molar-refractivity contribution < 1.29 is 0 Å². The maximum atomic E-state index is 2.58. The summed E-state index contributed by atoms with van der Waals surface area (Å²) in [5.74, 6) is 0. The Balaban J connectivity index is 1.57. The molecule has 0 amide bonds. The van der Waals surface area contributed by atoms with Crippen molar-refractivity contribution in [1.29, 1.82) is 0 Å². The highest BCUT2D eigenvalue weighted by molar-refractivity contribution is 6.11. The van der Waals surface area contributed by atoms with Crippen molar-refractivity contribution in [2.45, 2.75) is 196 Å². The number of hydrogen-bond donors (Lipinski definition) is 0. The molecule has 2 aliphatic carbocycles. The molecule has 0 saturated carbocycles. The Hall–Kier alpha value is -4.42. The summed E-state index contributed by atoms with van der Waals surface area (Å²) in [4.78, 5) is 0. The van der Waals surface area contributed by atoms with Gasteiger partial charge in [0.05, 0.1) is 0 Å². The van der Waals surface area contributed by atoms with Crippen LogP contribution in [0.25, 0.3) is 55.3 Å². The van der Waals surface area contributed by atoms with Gasteiger partial charge in [0.2, 0.25) is 0 Å². The van der Waals surface area contributed by atoms with Gasteiger partial charge in [0, 0.05) is 10.8 Å². The standard InChI is InChI=1S/C64H80/c1-57(2,3)37-23-25-43-51(33-37)63(19,20)53-35-41(61(13,14)15)31-49(55(43)53)47-29-39(59(7,8)9)28-46-45(47)27-40(60(10,11)12)30-48(46)50-32-42(62(16,17)18)36-54-56(50)44-26-24-38(58(4,5)6)34-52(44)64(54,21)22/h23-36H,1-22H3. The second-order valence-electron chi connectivity index (χ2n) is 27.3. The van der Waals surface area contributed by atoms with Gasteiger partial charge in [0.25, 0.3) is 0 Å². The van der Waals surface area contributed by atoms with E-state index < -0.39 is 0 Å². The zero-order valence-corrected chi connectivity index (χ0v) is 44.1. The highest BCUT2D eigenvalue weighted by Gasteiger charge is 2.42. The first kappa shape index (κ1) is 46.1. The molecule has 0 radical (unpaired) electrons. The summed E-state index contributed by atoms with van der Waals surface area (Å²) >= 11 is 0. The second-order valence-corrected chi connectivity index (χ2v) is 27.3. The molecule has 0 spiro atoms. The van der Waals surface area contributed by atoms with Crippen molar-refractivity contribution in [1.82, 2.24) is 0 Å². The average Bonchev–Trinajstić information content (AvgIpc) is 3.53. The van der Waals surface area contributed by atoms with Crippen molar-refractivity contribution in [2.75, 3.05) is 0 Å². The van der Waals surface area contributed by atoms with E-state index in [2.05, 4.69) is 237 Å². The zero-order valence-electron chi connectivity index (χ0n) is 44.1. The van der Waals surface area contributed by atoms with E-state index in [9.17, 15) is 0 Å². The smallest absolute Gasteiger partial charge is 0.0159 e. The van der Waals surface area contributed by atoms with Crippen LogP contribution in [-0.2, 0) is 43.3 Å². The van der Waals surface area contributed by atoms with Gasteiger partial charge in [-0.05, 0) is 180 Å². The molecule has 8 rings (SSSR count). The van der Waals surface area contributed by atoms with Gasteiger partial charge in [-0.3, -0.25) is 0 Å². The van der Waals surface area contributed by atoms with Gasteiger partial charge in [0.1, 0.15) is 0 Å². The van der Waals surface area contributed by atoms with Crippen molar-refractivity contribution in [2.24, 2.45) is 0 Å². The minimum Gasteiger partial charge on any atom is -0.0579 e. The molecular formula is C64H80. The molecule has 0 nitrogen and oxygen atoms in total. The van der Waals surface area contributed by atoms with Crippen LogP contribution in [0.15, 0.2) is 84.9 Å². The molecule has 0 atom stereocenters. The minimum absolute atomic E-state index is 0.0363. The van der Waals surface area contributed by atoms with E-state index in [1.54, 1.807) is 0 Å². The number of fused-ring (bicyclic) bond motifs is 7. The van der Waals surface area contributed by atoms with Crippen LogP contribution in [0.3, 0.4) is 0 Å². The Morgan fingerprint density at radius 2 is 0.500 bits per heavy atom. The summed E-state index contributed by atoms with van der Waals surface area (Å²) in [6, 6.07) is 35.4. The Morgan fingerprint density at radius 3 is 0.781 bits per heavy atom. The van der Waals surface area contributed by atoms with Gasteiger partial charge in [0.15, 0.2) is 0 Å².